The third kappa shape index (κ3) is 3.91. The van der Waals surface area contributed by atoms with Gasteiger partial charge in [-0.25, -0.2) is 0 Å². The predicted molar refractivity (Wildman–Crippen MR) is 93.9 cm³/mol. The highest BCUT2D eigenvalue weighted by molar-refractivity contribution is 5.56. The Balaban J connectivity index is 1.34. The third-order valence-corrected chi connectivity index (χ3v) is 4.63. The number of fused-ring (bicyclic) bond motifs is 1. The molecular weight excluding hydrogens is 320 g/mol. The van der Waals surface area contributed by atoms with Crippen LogP contribution in [0.25, 0.3) is 0 Å². The first-order chi connectivity index (χ1) is 12.3. The molecule has 1 aromatic heterocycles. The average Bonchev–Trinajstić information content (AvgIpc) is 3.24. The number of furan rings is 1. The Morgan fingerprint density at radius 1 is 1.16 bits per heavy atom. The minimum absolute atomic E-state index is 0.310. The predicted octanol–water partition coefficient (Wildman–Crippen LogP) is 3.23. The second-order valence-electron chi connectivity index (χ2n) is 6.59. The normalized spacial score (nSPS) is 20.0. The van der Waals surface area contributed by atoms with Gasteiger partial charge in [0.2, 0.25) is 6.79 Å². The monoisotopic (exact) mass is 344 g/mol. The highest BCUT2D eigenvalue weighted by atomic mass is 16.7. The van der Waals surface area contributed by atoms with Crippen molar-refractivity contribution in [1.29, 1.82) is 0 Å². The molecule has 0 amide bonds. The van der Waals surface area contributed by atoms with Crippen LogP contribution in [-0.4, -0.2) is 37.9 Å². The SMILES string of the molecule is COCc1ccc(CN2CCCC(Nc3ccc4c(c3)OCO4)C2)o1. The van der Waals surface area contributed by atoms with Gasteiger partial charge in [-0.1, -0.05) is 0 Å². The molecule has 0 saturated carbocycles. The molecule has 25 heavy (non-hydrogen) atoms. The van der Waals surface area contributed by atoms with Crippen molar-refractivity contribution in [3.63, 3.8) is 0 Å². The topological polar surface area (TPSA) is 56.1 Å². The van der Waals surface area contributed by atoms with E-state index in [1.807, 2.05) is 24.3 Å². The van der Waals surface area contributed by atoms with Gasteiger partial charge >= 0.3 is 0 Å². The van der Waals surface area contributed by atoms with E-state index in [2.05, 4.69) is 16.3 Å². The maximum Gasteiger partial charge on any atom is 0.231 e. The van der Waals surface area contributed by atoms with Crippen LogP contribution in [0.2, 0.25) is 0 Å². The molecular formula is C19H24N2O4. The van der Waals surface area contributed by atoms with Gasteiger partial charge in [-0.15, -0.1) is 0 Å². The number of methoxy groups -OCH3 is 1. The van der Waals surface area contributed by atoms with Crippen LogP contribution in [0.5, 0.6) is 11.5 Å². The van der Waals surface area contributed by atoms with E-state index in [9.17, 15) is 0 Å². The van der Waals surface area contributed by atoms with E-state index in [0.717, 1.165) is 54.8 Å². The highest BCUT2D eigenvalue weighted by Crippen LogP contribution is 2.34. The van der Waals surface area contributed by atoms with Gasteiger partial charge in [0.25, 0.3) is 0 Å². The quantitative estimate of drug-likeness (QED) is 0.868. The molecule has 1 fully saturated rings. The molecule has 0 radical (unpaired) electrons. The van der Waals surface area contributed by atoms with Crippen LogP contribution in [-0.2, 0) is 17.9 Å². The summed E-state index contributed by atoms with van der Waals surface area (Å²) in [5, 5.41) is 3.62. The van der Waals surface area contributed by atoms with E-state index in [1.54, 1.807) is 7.11 Å². The number of anilines is 1. The van der Waals surface area contributed by atoms with Gasteiger partial charge in [-0.05, 0) is 43.7 Å². The minimum Gasteiger partial charge on any atom is -0.462 e. The summed E-state index contributed by atoms with van der Waals surface area (Å²) in [6.07, 6.45) is 2.34. The van der Waals surface area contributed by atoms with Gasteiger partial charge in [0, 0.05) is 31.5 Å². The van der Waals surface area contributed by atoms with Crippen molar-refractivity contribution in [3.05, 3.63) is 41.9 Å². The van der Waals surface area contributed by atoms with Crippen LogP contribution >= 0.6 is 0 Å². The number of piperidine rings is 1. The summed E-state index contributed by atoms with van der Waals surface area (Å²) in [6, 6.07) is 10.5. The molecule has 6 nitrogen and oxygen atoms in total. The molecule has 0 aliphatic carbocycles. The van der Waals surface area contributed by atoms with Gasteiger partial charge in [-0.2, -0.15) is 0 Å². The lowest BCUT2D eigenvalue weighted by Gasteiger charge is -2.33. The number of ether oxygens (including phenoxy) is 3. The zero-order valence-electron chi connectivity index (χ0n) is 14.5. The zero-order valence-corrected chi connectivity index (χ0v) is 14.5. The van der Waals surface area contributed by atoms with Crippen LogP contribution in [0, 0.1) is 0 Å². The van der Waals surface area contributed by atoms with E-state index in [1.165, 1.54) is 6.42 Å². The summed E-state index contributed by atoms with van der Waals surface area (Å²) < 4.78 is 21.7. The molecule has 1 unspecified atom stereocenters. The van der Waals surface area contributed by atoms with Gasteiger partial charge in [0.05, 0.1) is 6.54 Å². The van der Waals surface area contributed by atoms with Crippen molar-refractivity contribution in [1.82, 2.24) is 4.90 Å². The number of nitrogens with zero attached hydrogens (tertiary/aromatic N) is 1. The summed E-state index contributed by atoms with van der Waals surface area (Å²) in [5.41, 5.74) is 1.08. The minimum atomic E-state index is 0.310. The standard InChI is InChI=1S/C19H24N2O4/c1-22-12-17-6-5-16(25-17)11-21-8-2-3-15(10-21)20-14-4-7-18-19(9-14)24-13-23-18/h4-7,9,15,20H,2-3,8,10-13H2,1H3. The molecule has 1 N–H and O–H groups in total. The molecule has 1 saturated heterocycles. The molecule has 1 aromatic carbocycles. The maximum atomic E-state index is 5.81. The number of likely N-dealkylation sites (tertiary alicyclic amines) is 1. The molecule has 6 heteroatoms. The molecule has 3 heterocycles. The maximum absolute atomic E-state index is 5.81. The fourth-order valence-corrected chi connectivity index (χ4v) is 3.49. The highest BCUT2D eigenvalue weighted by Gasteiger charge is 2.22. The summed E-state index contributed by atoms with van der Waals surface area (Å²) in [5.74, 6) is 3.51. The molecule has 0 bridgehead atoms. The fraction of sp³-hybridized carbons (Fsp3) is 0.474. The number of hydrogen-bond donors (Lipinski definition) is 1. The summed E-state index contributed by atoms with van der Waals surface area (Å²) in [4.78, 5) is 2.43. The third-order valence-electron chi connectivity index (χ3n) is 4.63. The Morgan fingerprint density at radius 3 is 2.96 bits per heavy atom. The zero-order chi connectivity index (χ0) is 17.1. The van der Waals surface area contributed by atoms with E-state index >= 15 is 0 Å². The molecule has 2 aromatic rings. The average molecular weight is 344 g/mol. The van der Waals surface area contributed by atoms with Crippen LogP contribution in [0.15, 0.2) is 34.7 Å². The van der Waals surface area contributed by atoms with Gasteiger partial charge in [0.15, 0.2) is 11.5 Å². The molecule has 2 aliphatic heterocycles. The number of hydrogen-bond acceptors (Lipinski definition) is 6. The van der Waals surface area contributed by atoms with Crippen molar-refractivity contribution in [2.24, 2.45) is 0 Å². The summed E-state index contributed by atoms with van der Waals surface area (Å²) in [6.45, 7) is 3.76. The van der Waals surface area contributed by atoms with Gasteiger partial charge in [-0.3, -0.25) is 4.90 Å². The Labute approximate surface area is 147 Å². The van der Waals surface area contributed by atoms with Crippen molar-refractivity contribution < 1.29 is 18.6 Å². The Bertz CT molecular complexity index is 715. The van der Waals surface area contributed by atoms with Crippen molar-refractivity contribution in [2.45, 2.75) is 32.0 Å². The Morgan fingerprint density at radius 2 is 2.04 bits per heavy atom. The first kappa shape index (κ1) is 16.3. The van der Waals surface area contributed by atoms with Crippen molar-refractivity contribution in [2.75, 3.05) is 32.3 Å². The Hall–Kier alpha value is -2.18. The van der Waals surface area contributed by atoms with Crippen LogP contribution < -0.4 is 14.8 Å². The first-order valence-corrected chi connectivity index (χ1v) is 8.75. The molecule has 4 rings (SSSR count). The van der Waals surface area contributed by atoms with Gasteiger partial charge < -0.3 is 23.9 Å². The molecule has 2 aliphatic rings. The smallest absolute Gasteiger partial charge is 0.231 e. The Kier molecular flexibility index (Phi) is 4.81. The van der Waals surface area contributed by atoms with Crippen molar-refractivity contribution >= 4 is 5.69 Å². The fourth-order valence-electron chi connectivity index (χ4n) is 3.49. The van der Waals surface area contributed by atoms with E-state index in [0.29, 0.717) is 19.4 Å². The first-order valence-electron chi connectivity index (χ1n) is 8.75. The molecule has 0 spiro atoms. The lowest BCUT2D eigenvalue weighted by atomic mass is 10.0. The second kappa shape index (κ2) is 7.37. The summed E-state index contributed by atoms with van der Waals surface area (Å²) >= 11 is 0. The van der Waals surface area contributed by atoms with Crippen molar-refractivity contribution in [3.8, 4) is 11.5 Å². The molecule has 1 atom stereocenters. The molecule has 134 valence electrons. The van der Waals surface area contributed by atoms with Crippen LogP contribution in [0.4, 0.5) is 5.69 Å². The van der Waals surface area contributed by atoms with E-state index < -0.39 is 0 Å². The number of rotatable bonds is 6. The van der Waals surface area contributed by atoms with E-state index in [4.69, 9.17) is 18.6 Å². The largest absolute Gasteiger partial charge is 0.462 e. The summed E-state index contributed by atoms with van der Waals surface area (Å²) in [7, 11) is 1.68. The lowest BCUT2D eigenvalue weighted by molar-refractivity contribution is 0.155. The van der Waals surface area contributed by atoms with Gasteiger partial charge in [0.1, 0.15) is 18.1 Å². The number of benzene rings is 1. The lowest BCUT2D eigenvalue weighted by Crippen LogP contribution is -2.41. The number of nitrogens with one attached hydrogen (secondary N) is 1. The van der Waals surface area contributed by atoms with Crippen LogP contribution in [0.3, 0.4) is 0 Å². The second-order valence-corrected chi connectivity index (χ2v) is 6.59. The van der Waals surface area contributed by atoms with E-state index in [-0.39, 0.29) is 0 Å². The van der Waals surface area contributed by atoms with Crippen LogP contribution in [0.1, 0.15) is 24.4 Å².